The molecule has 64 valence electrons. The summed E-state index contributed by atoms with van der Waals surface area (Å²) < 4.78 is 0.781. The van der Waals surface area contributed by atoms with E-state index in [1.807, 2.05) is 0 Å². The molecule has 2 heteroatoms. The Morgan fingerprint density at radius 1 is 1.17 bits per heavy atom. The van der Waals surface area contributed by atoms with Crippen molar-refractivity contribution in [2.45, 2.75) is 37.3 Å². The Kier molecular flexibility index (Phi) is 4.43. The third-order valence-corrected chi connectivity index (χ3v) is 2.59. The second-order valence-corrected chi connectivity index (χ2v) is 3.77. The molecule has 1 rings (SSSR count). The van der Waals surface area contributed by atoms with E-state index in [1.54, 1.807) is 0 Å². The van der Waals surface area contributed by atoms with Gasteiger partial charge in [0.15, 0.2) is 0 Å². The molecule has 0 aromatic carbocycles. The molecule has 1 aliphatic carbocycles. The topological polar surface area (TPSA) is 3.24 Å². The van der Waals surface area contributed by atoms with Gasteiger partial charge in [0.2, 0.25) is 0 Å². The van der Waals surface area contributed by atoms with Crippen molar-refractivity contribution >= 4 is 17.7 Å². The molecule has 1 nitrogen and oxygen atoms in total. The molecule has 0 amide bonds. The maximum atomic E-state index is 2.60. The van der Waals surface area contributed by atoms with Crippen molar-refractivity contribution in [2.75, 3.05) is 13.1 Å². The second kappa shape index (κ2) is 5.12. The number of hydrogen-bond donors (Lipinski definition) is 0. The molecule has 0 radical (unpaired) electrons. The molecule has 0 spiro atoms. The summed E-state index contributed by atoms with van der Waals surface area (Å²) in [7, 11) is 0. The average molecular weight is 159 g/mol. The molecular formula is C10H18LiN. The van der Waals surface area contributed by atoms with E-state index in [9.17, 15) is 0 Å². The van der Waals surface area contributed by atoms with Gasteiger partial charge in [-0.05, 0) is 0 Å². The zero-order valence-corrected chi connectivity index (χ0v) is 8.59. The molecule has 0 aromatic heterocycles. The number of nitrogens with zero attached hydrogens (tertiary/aromatic N) is 1. The standard InChI is InChI=1S/C10H18N.Li/c1-3-8-11(9-4-2)10-6-5-7-10;/h5-7,10H,3-4,8-9H2,1-2H3;. The molecule has 2 unspecified atom stereocenters. The monoisotopic (exact) mass is 159 g/mol. The van der Waals surface area contributed by atoms with Gasteiger partial charge in [0.05, 0.1) is 0 Å². The van der Waals surface area contributed by atoms with Crippen molar-refractivity contribution in [3.63, 3.8) is 0 Å². The first kappa shape index (κ1) is 10.4. The van der Waals surface area contributed by atoms with Crippen LogP contribution in [0.15, 0.2) is 12.2 Å². The van der Waals surface area contributed by atoms with Crippen molar-refractivity contribution in [3.05, 3.63) is 12.2 Å². The van der Waals surface area contributed by atoms with E-state index in [0.717, 1.165) is 10.6 Å². The minimum atomic E-state index is 0.741. The van der Waals surface area contributed by atoms with E-state index in [2.05, 4.69) is 48.6 Å². The maximum absolute atomic E-state index is 2.60. The quantitative estimate of drug-likeness (QED) is 0.438. The SMILES string of the molecule is [Li][CH]1C=CC1N(CCC)CCC. The molecular weight excluding hydrogens is 141 g/mol. The van der Waals surface area contributed by atoms with Gasteiger partial charge in [-0.25, -0.2) is 0 Å². The van der Waals surface area contributed by atoms with Crippen molar-refractivity contribution in [3.8, 4) is 0 Å². The predicted octanol–water partition coefficient (Wildman–Crippen LogP) is 2.00. The van der Waals surface area contributed by atoms with Crippen LogP contribution in [0.2, 0.25) is 4.59 Å². The Hall–Kier alpha value is 0.297. The summed E-state index contributed by atoms with van der Waals surface area (Å²) in [6.07, 6.45) is 7.20. The van der Waals surface area contributed by atoms with Crippen LogP contribution in [0.4, 0.5) is 0 Å². The van der Waals surface area contributed by atoms with Crippen molar-refractivity contribution < 1.29 is 0 Å². The minimum absolute atomic E-state index is 0.741. The third kappa shape index (κ3) is 2.39. The zero-order chi connectivity index (χ0) is 8.97. The van der Waals surface area contributed by atoms with Crippen molar-refractivity contribution in [1.82, 2.24) is 4.90 Å². The normalized spacial score (nSPS) is 27.8. The molecule has 0 saturated carbocycles. The summed E-state index contributed by atoms with van der Waals surface area (Å²) in [6.45, 7) is 7.03. The first-order valence-corrected chi connectivity index (χ1v) is 5.22. The van der Waals surface area contributed by atoms with E-state index >= 15 is 0 Å². The van der Waals surface area contributed by atoms with Crippen LogP contribution < -0.4 is 0 Å². The molecule has 12 heavy (non-hydrogen) atoms. The molecule has 0 N–H and O–H groups in total. The fraction of sp³-hybridized carbons (Fsp3) is 0.800. The van der Waals surface area contributed by atoms with Gasteiger partial charge in [-0.15, -0.1) is 0 Å². The summed E-state index contributed by atoms with van der Waals surface area (Å²) in [5.74, 6) is 0. The van der Waals surface area contributed by atoms with Gasteiger partial charge in [0.25, 0.3) is 0 Å². The fourth-order valence-electron chi connectivity index (χ4n) is 1.87. The summed E-state index contributed by atoms with van der Waals surface area (Å²) in [5, 5.41) is 0. The second-order valence-electron chi connectivity index (χ2n) is 3.77. The summed E-state index contributed by atoms with van der Waals surface area (Å²) >= 11 is 2.31. The van der Waals surface area contributed by atoms with Crippen LogP contribution in [0.25, 0.3) is 0 Å². The first-order valence-electron chi connectivity index (χ1n) is 5.22. The first-order chi connectivity index (χ1) is 5.79. The van der Waals surface area contributed by atoms with Crippen molar-refractivity contribution in [2.24, 2.45) is 0 Å². The van der Waals surface area contributed by atoms with Crippen LogP contribution in [0, 0.1) is 0 Å². The summed E-state index contributed by atoms with van der Waals surface area (Å²) in [6, 6.07) is 0.741. The molecule has 0 aromatic rings. The molecule has 0 aliphatic heterocycles. The van der Waals surface area contributed by atoms with Gasteiger partial charge in [0.1, 0.15) is 0 Å². The Morgan fingerprint density at radius 2 is 1.75 bits per heavy atom. The Morgan fingerprint density at radius 3 is 2.00 bits per heavy atom. The van der Waals surface area contributed by atoms with E-state index in [0.29, 0.717) is 0 Å². The number of rotatable bonds is 5. The zero-order valence-electron chi connectivity index (χ0n) is 8.59. The van der Waals surface area contributed by atoms with Crippen LogP contribution >= 0.6 is 0 Å². The van der Waals surface area contributed by atoms with Crippen LogP contribution in [0.1, 0.15) is 26.7 Å². The van der Waals surface area contributed by atoms with Crippen LogP contribution in [-0.2, 0) is 0 Å². The van der Waals surface area contributed by atoms with Crippen LogP contribution in [-0.4, -0.2) is 41.7 Å². The molecule has 0 saturated heterocycles. The van der Waals surface area contributed by atoms with E-state index in [4.69, 9.17) is 0 Å². The van der Waals surface area contributed by atoms with E-state index in [-0.39, 0.29) is 0 Å². The molecule has 0 fully saturated rings. The van der Waals surface area contributed by atoms with Gasteiger partial charge in [-0.1, -0.05) is 0 Å². The number of hydrogen-bond acceptors (Lipinski definition) is 1. The van der Waals surface area contributed by atoms with Gasteiger partial charge in [0, 0.05) is 0 Å². The molecule has 0 heterocycles. The summed E-state index contributed by atoms with van der Waals surface area (Å²) in [4.78, 5) is 2.60. The van der Waals surface area contributed by atoms with E-state index < -0.39 is 0 Å². The summed E-state index contributed by atoms with van der Waals surface area (Å²) in [5.41, 5.74) is 0. The Balaban J connectivity index is 2.37. The molecule has 2 atom stereocenters. The van der Waals surface area contributed by atoms with Gasteiger partial charge in [-0.2, -0.15) is 0 Å². The van der Waals surface area contributed by atoms with Crippen LogP contribution in [0.5, 0.6) is 0 Å². The Bertz CT molecular complexity index is 150. The van der Waals surface area contributed by atoms with Gasteiger partial charge < -0.3 is 0 Å². The average Bonchev–Trinajstić information content (AvgIpc) is 2.03. The third-order valence-electron chi connectivity index (χ3n) is 2.59. The predicted molar refractivity (Wildman–Crippen MR) is 54.6 cm³/mol. The fourth-order valence-corrected chi connectivity index (χ4v) is 1.87. The van der Waals surface area contributed by atoms with E-state index in [1.165, 1.54) is 25.9 Å². The van der Waals surface area contributed by atoms with Crippen molar-refractivity contribution in [1.29, 1.82) is 0 Å². The molecule has 0 bridgehead atoms. The van der Waals surface area contributed by atoms with Gasteiger partial charge in [-0.3, -0.25) is 0 Å². The van der Waals surface area contributed by atoms with Gasteiger partial charge >= 0.3 is 85.2 Å². The Labute approximate surface area is 85.4 Å². The van der Waals surface area contributed by atoms with Crippen LogP contribution in [0.3, 0.4) is 0 Å². The molecule has 1 aliphatic rings.